The minimum Gasteiger partial charge on any atom is -0.465 e. The molecule has 1 unspecified atom stereocenters. The van der Waals surface area contributed by atoms with Crippen molar-refractivity contribution in [1.29, 1.82) is 0 Å². The topological polar surface area (TPSA) is 28.4 Å². The number of likely N-dealkylation sites (tertiary alicyclic amines) is 1. The third-order valence-corrected chi connectivity index (χ3v) is 3.65. The Labute approximate surface area is 104 Å². The Bertz CT molecular complexity index is 335. The summed E-state index contributed by atoms with van der Waals surface area (Å²) < 4.78 is 5.67. The first-order valence-electron chi connectivity index (χ1n) is 6.85. The van der Waals surface area contributed by atoms with Gasteiger partial charge in [-0.3, -0.25) is 4.90 Å². The first kappa shape index (κ1) is 12.7. The fourth-order valence-electron chi connectivity index (χ4n) is 2.61. The molecule has 1 atom stereocenters. The predicted octanol–water partition coefficient (Wildman–Crippen LogP) is 2.42. The van der Waals surface area contributed by atoms with Crippen molar-refractivity contribution >= 4 is 0 Å². The van der Waals surface area contributed by atoms with E-state index in [0.717, 1.165) is 37.1 Å². The van der Waals surface area contributed by atoms with Crippen molar-refractivity contribution in [2.24, 2.45) is 0 Å². The first-order valence-corrected chi connectivity index (χ1v) is 6.85. The van der Waals surface area contributed by atoms with Gasteiger partial charge in [-0.1, -0.05) is 13.8 Å². The molecule has 2 rings (SSSR count). The fraction of sp³-hybridized carbons (Fsp3) is 0.714. The Hall–Kier alpha value is -0.800. The van der Waals surface area contributed by atoms with Gasteiger partial charge >= 0.3 is 0 Å². The van der Waals surface area contributed by atoms with E-state index >= 15 is 0 Å². The average molecular weight is 236 g/mol. The molecule has 1 aliphatic heterocycles. The van der Waals surface area contributed by atoms with Crippen molar-refractivity contribution in [3.05, 3.63) is 23.7 Å². The quantitative estimate of drug-likeness (QED) is 0.822. The second kappa shape index (κ2) is 6.22. The molecule has 0 aromatic carbocycles. The lowest BCUT2D eigenvalue weighted by molar-refractivity contribution is 0.258. The molecular formula is C14H24N2O. The molecule has 96 valence electrons. The van der Waals surface area contributed by atoms with Gasteiger partial charge in [-0.15, -0.1) is 0 Å². The number of hydrogen-bond acceptors (Lipinski definition) is 3. The molecule has 17 heavy (non-hydrogen) atoms. The predicted molar refractivity (Wildman–Crippen MR) is 70.1 cm³/mol. The van der Waals surface area contributed by atoms with Crippen LogP contribution in [0.2, 0.25) is 0 Å². The Balaban J connectivity index is 1.72. The van der Waals surface area contributed by atoms with E-state index in [1.807, 2.05) is 0 Å². The summed E-state index contributed by atoms with van der Waals surface area (Å²) in [4.78, 5) is 2.56. The molecule has 1 aromatic heterocycles. The second-order valence-electron chi connectivity index (χ2n) is 4.78. The van der Waals surface area contributed by atoms with Gasteiger partial charge < -0.3 is 9.73 Å². The zero-order valence-electron chi connectivity index (χ0n) is 11.0. The van der Waals surface area contributed by atoms with Crippen LogP contribution in [0.25, 0.3) is 0 Å². The van der Waals surface area contributed by atoms with Crippen LogP contribution in [0, 0.1) is 0 Å². The molecule has 0 bridgehead atoms. The molecule has 0 amide bonds. The highest BCUT2D eigenvalue weighted by Gasteiger charge is 2.22. The summed E-state index contributed by atoms with van der Waals surface area (Å²) in [5, 5.41) is 3.51. The van der Waals surface area contributed by atoms with Crippen LogP contribution >= 0.6 is 0 Å². The monoisotopic (exact) mass is 236 g/mol. The maximum atomic E-state index is 5.67. The summed E-state index contributed by atoms with van der Waals surface area (Å²) in [6.45, 7) is 8.74. The molecular weight excluding hydrogens is 212 g/mol. The maximum absolute atomic E-state index is 5.67. The minimum atomic E-state index is 0.723. The van der Waals surface area contributed by atoms with Gasteiger partial charge in [-0.2, -0.15) is 0 Å². The van der Waals surface area contributed by atoms with Crippen LogP contribution in [-0.2, 0) is 13.0 Å². The van der Waals surface area contributed by atoms with Crippen LogP contribution in [0.3, 0.4) is 0 Å². The Morgan fingerprint density at radius 3 is 2.88 bits per heavy atom. The van der Waals surface area contributed by atoms with Crippen molar-refractivity contribution < 1.29 is 4.42 Å². The first-order chi connectivity index (χ1) is 8.33. The van der Waals surface area contributed by atoms with E-state index in [0.29, 0.717) is 0 Å². The van der Waals surface area contributed by atoms with E-state index in [1.54, 1.807) is 0 Å². The fourth-order valence-corrected chi connectivity index (χ4v) is 2.61. The number of rotatable bonds is 6. The van der Waals surface area contributed by atoms with Gasteiger partial charge in [0.25, 0.3) is 0 Å². The zero-order chi connectivity index (χ0) is 12.1. The summed E-state index contributed by atoms with van der Waals surface area (Å²) in [5.74, 6) is 2.14. The van der Waals surface area contributed by atoms with Gasteiger partial charge in [-0.25, -0.2) is 0 Å². The van der Waals surface area contributed by atoms with E-state index in [-0.39, 0.29) is 0 Å². The van der Waals surface area contributed by atoms with Gasteiger partial charge in [0.1, 0.15) is 11.5 Å². The molecule has 0 saturated carbocycles. The normalized spacial score (nSPS) is 21.2. The zero-order valence-corrected chi connectivity index (χ0v) is 11.0. The third-order valence-electron chi connectivity index (χ3n) is 3.65. The van der Waals surface area contributed by atoms with Crippen LogP contribution in [0.4, 0.5) is 0 Å². The van der Waals surface area contributed by atoms with Crippen LogP contribution in [0.1, 0.15) is 38.2 Å². The lowest BCUT2D eigenvalue weighted by Gasteiger charge is -2.22. The molecule has 3 nitrogen and oxygen atoms in total. The van der Waals surface area contributed by atoms with E-state index in [4.69, 9.17) is 4.42 Å². The molecule has 3 heteroatoms. The van der Waals surface area contributed by atoms with Crippen LogP contribution < -0.4 is 5.32 Å². The minimum absolute atomic E-state index is 0.723. The van der Waals surface area contributed by atoms with E-state index in [9.17, 15) is 0 Å². The summed E-state index contributed by atoms with van der Waals surface area (Å²) in [6.07, 6.45) is 3.66. The van der Waals surface area contributed by atoms with Gasteiger partial charge in [0.05, 0.1) is 6.54 Å². The lowest BCUT2D eigenvalue weighted by atomic mass is 10.2. The molecule has 1 aliphatic rings. The largest absolute Gasteiger partial charge is 0.465 e. The SMILES string of the molecule is CCc1ccc(CNCC2CCCN2CC)o1. The maximum Gasteiger partial charge on any atom is 0.117 e. The van der Waals surface area contributed by atoms with Gasteiger partial charge in [0.2, 0.25) is 0 Å². The number of likely N-dealkylation sites (N-methyl/N-ethyl adjacent to an activating group) is 1. The highest BCUT2D eigenvalue weighted by Crippen LogP contribution is 2.16. The van der Waals surface area contributed by atoms with Gasteiger partial charge in [-0.05, 0) is 38.1 Å². The van der Waals surface area contributed by atoms with Gasteiger partial charge in [0.15, 0.2) is 0 Å². The van der Waals surface area contributed by atoms with Crippen molar-refractivity contribution in [3.63, 3.8) is 0 Å². The lowest BCUT2D eigenvalue weighted by Crippen LogP contribution is -2.37. The van der Waals surface area contributed by atoms with Crippen LogP contribution in [0.15, 0.2) is 16.5 Å². The second-order valence-corrected chi connectivity index (χ2v) is 4.78. The molecule has 0 aliphatic carbocycles. The summed E-state index contributed by atoms with van der Waals surface area (Å²) in [7, 11) is 0. The van der Waals surface area contributed by atoms with Gasteiger partial charge in [0, 0.05) is 19.0 Å². The number of furan rings is 1. The molecule has 0 spiro atoms. The molecule has 1 saturated heterocycles. The van der Waals surface area contributed by atoms with E-state index < -0.39 is 0 Å². The van der Waals surface area contributed by atoms with Crippen LogP contribution in [0.5, 0.6) is 0 Å². The van der Waals surface area contributed by atoms with Crippen LogP contribution in [-0.4, -0.2) is 30.6 Å². The average Bonchev–Trinajstić information content (AvgIpc) is 2.97. The van der Waals surface area contributed by atoms with Crippen molar-refractivity contribution in [3.8, 4) is 0 Å². The Kier molecular flexibility index (Phi) is 4.63. The molecule has 0 radical (unpaired) electrons. The highest BCUT2D eigenvalue weighted by atomic mass is 16.3. The molecule has 1 aromatic rings. The van der Waals surface area contributed by atoms with Crippen molar-refractivity contribution in [2.75, 3.05) is 19.6 Å². The molecule has 1 fully saturated rings. The van der Waals surface area contributed by atoms with Crippen molar-refractivity contribution in [1.82, 2.24) is 10.2 Å². The number of nitrogens with one attached hydrogen (secondary N) is 1. The van der Waals surface area contributed by atoms with E-state index in [2.05, 4.69) is 36.2 Å². The van der Waals surface area contributed by atoms with E-state index in [1.165, 1.54) is 25.9 Å². The number of nitrogens with zero attached hydrogens (tertiary/aromatic N) is 1. The smallest absolute Gasteiger partial charge is 0.117 e. The number of hydrogen-bond donors (Lipinski definition) is 1. The summed E-state index contributed by atoms with van der Waals surface area (Å²) >= 11 is 0. The molecule has 1 N–H and O–H groups in total. The summed E-state index contributed by atoms with van der Waals surface area (Å²) in [6, 6.07) is 4.88. The Morgan fingerprint density at radius 2 is 2.18 bits per heavy atom. The summed E-state index contributed by atoms with van der Waals surface area (Å²) in [5.41, 5.74) is 0. The Morgan fingerprint density at radius 1 is 1.35 bits per heavy atom. The molecule has 2 heterocycles. The number of aryl methyl sites for hydroxylation is 1. The standard InChI is InChI=1S/C14H24N2O/c1-3-13-7-8-14(17-13)11-15-10-12-6-5-9-16(12)4-2/h7-8,12,15H,3-6,9-11H2,1-2H3. The third kappa shape index (κ3) is 3.33. The van der Waals surface area contributed by atoms with Crippen molar-refractivity contribution in [2.45, 2.75) is 45.7 Å². The highest BCUT2D eigenvalue weighted by molar-refractivity contribution is 5.06.